The molecule has 1 heterocycles. The van der Waals surface area contributed by atoms with Crippen LogP contribution in [0.15, 0.2) is 53.4 Å². The molecule has 0 saturated carbocycles. The van der Waals surface area contributed by atoms with Crippen molar-refractivity contribution in [3.8, 4) is 0 Å². The van der Waals surface area contributed by atoms with Crippen LogP contribution in [0.1, 0.15) is 23.2 Å². The zero-order chi connectivity index (χ0) is 18.4. The van der Waals surface area contributed by atoms with Crippen molar-refractivity contribution in [2.45, 2.75) is 17.7 Å². The number of fused-ring (bicyclic) bond motifs is 1. The minimum atomic E-state index is -0.112. The summed E-state index contributed by atoms with van der Waals surface area (Å²) in [5, 5.41) is 5.83. The molecule has 136 valence electrons. The first-order chi connectivity index (χ1) is 12.6. The maximum absolute atomic E-state index is 12.4. The Kier molecular flexibility index (Phi) is 6.17. The maximum atomic E-state index is 12.4. The second-order valence-electron chi connectivity index (χ2n) is 6.22. The highest BCUT2D eigenvalue weighted by Crippen LogP contribution is 2.31. The van der Waals surface area contributed by atoms with Crippen LogP contribution in [0.2, 0.25) is 0 Å². The molecule has 2 aromatic carbocycles. The van der Waals surface area contributed by atoms with E-state index in [1.54, 1.807) is 17.8 Å². The summed E-state index contributed by atoms with van der Waals surface area (Å²) in [6.45, 7) is 1.47. The van der Waals surface area contributed by atoms with Crippen molar-refractivity contribution >= 4 is 35.0 Å². The number of hydrogen-bond donors (Lipinski definition) is 2. The Morgan fingerprint density at radius 3 is 2.85 bits per heavy atom. The molecular formula is C20H23N3O2S. The lowest BCUT2D eigenvalue weighted by Gasteiger charge is -2.19. The first kappa shape index (κ1) is 18.3. The highest BCUT2D eigenvalue weighted by molar-refractivity contribution is 7.99. The van der Waals surface area contributed by atoms with Gasteiger partial charge in [-0.1, -0.05) is 18.2 Å². The Morgan fingerprint density at radius 2 is 2.04 bits per heavy atom. The summed E-state index contributed by atoms with van der Waals surface area (Å²) in [7, 11) is 2.05. The van der Waals surface area contributed by atoms with Crippen LogP contribution in [0.25, 0.3) is 0 Å². The van der Waals surface area contributed by atoms with Crippen molar-refractivity contribution < 1.29 is 9.59 Å². The summed E-state index contributed by atoms with van der Waals surface area (Å²) >= 11 is 1.64. The Hall–Kier alpha value is -2.47. The smallest absolute Gasteiger partial charge is 0.251 e. The Bertz CT molecular complexity index is 780. The van der Waals surface area contributed by atoms with Crippen LogP contribution in [0.3, 0.4) is 0 Å². The highest BCUT2D eigenvalue weighted by atomic mass is 32.2. The van der Waals surface area contributed by atoms with Gasteiger partial charge in [-0.25, -0.2) is 0 Å². The number of para-hydroxylation sites is 1. The van der Waals surface area contributed by atoms with E-state index in [2.05, 4.69) is 27.7 Å². The minimum Gasteiger partial charge on any atom is -0.375 e. The fourth-order valence-corrected chi connectivity index (χ4v) is 3.73. The van der Waals surface area contributed by atoms with Crippen LogP contribution in [-0.4, -0.2) is 37.7 Å². The Labute approximate surface area is 158 Å². The predicted molar refractivity (Wildman–Crippen MR) is 107 cm³/mol. The van der Waals surface area contributed by atoms with E-state index in [9.17, 15) is 9.59 Å². The lowest BCUT2D eigenvalue weighted by atomic mass is 10.2. The third-order valence-electron chi connectivity index (χ3n) is 4.26. The fraction of sp³-hybridized carbons (Fsp3) is 0.300. The second kappa shape index (κ2) is 8.76. The molecule has 1 aliphatic rings. The molecule has 6 heteroatoms. The standard InChI is InChI=1S/C20H23N3O2S/c1-23(16-6-3-2-4-7-16)12-5-11-21-20(25)15-8-9-18-17(14-15)22-19(24)10-13-26-18/h2-4,6-9,14H,5,10-13H2,1H3,(H,21,25)(H,22,24). The lowest BCUT2D eigenvalue weighted by molar-refractivity contribution is -0.115. The molecule has 1 aliphatic heterocycles. The zero-order valence-electron chi connectivity index (χ0n) is 14.8. The first-order valence-electron chi connectivity index (χ1n) is 8.74. The molecule has 0 atom stereocenters. The van der Waals surface area contributed by atoms with Gasteiger partial charge in [-0.3, -0.25) is 9.59 Å². The van der Waals surface area contributed by atoms with Crippen LogP contribution in [0.4, 0.5) is 11.4 Å². The number of amides is 2. The van der Waals surface area contributed by atoms with Gasteiger partial charge in [0, 0.05) is 48.5 Å². The molecule has 2 aromatic rings. The number of rotatable bonds is 6. The molecular weight excluding hydrogens is 346 g/mol. The summed E-state index contributed by atoms with van der Waals surface area (Å²) in [5.74, 6) is 0.649. The number of anilines is 2. The highest BCUT2D eigenvalue weighted by Gasteiger charge is 2.15. The summed E-state index contributed by atoms with van der Waals surface area (Å²) in [6.07, 6.45) is 1.35. The van der Waals surface area contributed by atoms with Crippen LogP contribution in [0, 0.1) is 0 Å². The van der Waals surface area contributed by atoms with Gasteiger partial charge in [-0.2, -0.15) is 0 Å². The van der Waals surface area contributed by atoms with E-state index >= 15 is 0 Å². The van der Waals surface area contributed by atoms with Gasteiger partial charge in [-0.05, 0) is 36.8 Å². The molecule has 26 heavy (non-hydrogen) atoms. The largest absolute Gasteiger partial charge is 0.375 e. The number of carbonyl (C=O) groups is 2. The van der Waals surface area contributed by atoms with E-state index in [4.69, 9.17) is 0 Å². The molecule has 0 fully saturated rings. The topological polar surface area (TPSA) is 61.4 Å². The molecule has 3 rings (SSSR count). The van der Waals surface area contributed by atoms with Crippen molar-refractivity contribution in [2.75, 3.05) is 36.1 Å². The van der Waals surface area contributed by atoms with E-state index in [1.165, 1.54) is 0 Å². The van der Waals surface area contributed by atoms with Crippen LogP contribution < -0.4 is 15.5 Å². The molecule has 0 radical (unpaired) electrons. The fourth-order valence-electron chi connectivity index (χ4n) is 2.79. The average molecular weight is 369 g/mol. The minimum absolute atomic E-state index is 0.00208. The van der Waals surface area contributed by atoms with E-state index in [0.29, 0.717) is 18.5 Å². The third-order valence-corrected chi connectivity index (χ3v) is 5.33. The van der Waals surface area contributed by atoms with Gasteiger partial charge in [0.05, 0.1) is 5.69 Å². The van der Waals surface area contributed by atoms with Gasteiger partial charge in [-0.15, -0.1) is 11.8 Å². The quantitative estimate of drug-likeness (QED) is 0.767. The number of carbonyl (C=O) groups excluding carboxylic acids is 2. The van der Waals surface area contributed by atoms with E-state index in [1.807, 2.05) is 37.4 Å². The van der Waals surface area contributed by atoms with Crippen molar-refractivity contribution in [2.24, 2.45) is 0 Å². The normalized spacial score (nSPS) is 13.3. The van der Waals surface area contributed by atoms with E-state index < -0.39 is 0 Å². The van der Waals surface area contributed by atoms with E-state index in [0.717, 1.165) is 35.0 Å². The number of thioether (sulfide) groups is 1. The van der Waals surface area contributed by atoms with Crippen LogP contribution >= 0.6 is 11.8 Å². The molecule has 5 nitrogen and oxygen atoms in total. The maximum Gasteiger partial charge on any atom is 0.251 e. The Balaban J connectivity index is 1.50. The molecule has 0 aliphatic carbocycles. The van der Waals surface area contributed by atoms with Crippen molar-refractivity contribution in [1.82, 2.24) is 5.32 Å². The SMILES string of the molecule is CN(CCCNC(=O)c1ccc2c(c1)NC(=O)CCS2)c1ccccc1. The monoisotopic (exact) mass is 369 g/mol. The average Bonchev–Trinajstić information content (AvgIpc) is 2.85. The van der Waals surface area contributed by atoms with Gasteiger partial charge in [0.25, 0.3) is 5.91 Å². The number of benzene rings is 2. The zero-order valence-corrected chi connectivity index (χ0v) is 15.6. The second-order valence-corrected chi connectivity index (χ2v) is 7.36. The summed E-state index contributed by atoms with van der Waals surface area (Å²) in [5.41, 5.74) is 2.47. The number of hydrogen-bond acceptors (Lipinski definition) is 4. The molecule has 2 N–H and O–H groups in total. The van der Waals surface area contributed by atoms with Gasteiger partial charge in [0.2, 0.25) is 5.91 Å². The summed E-state index contributed by atoms with van der Waals surface area (Å²) in [4.78, 5) is 27.2. The van der Waals surface area contributed by atoms with Crippen molar-refractivity contribution in [3.63, 3.8) is 0 Å². The lowest BCUT2D eigenvalue weighted by Crippen LogP contribution is -2.28. The van der Waals surface area contributed by atoms with Crippen LogP contribution in [-0.2, 0) is 4.79 Å². The molecule has 0 spiro atoms. The van der Waals surface area contributed by atoms with Gasteiger partial charge in [0.15, 0.2) is 0 Å². The van der Waals surface area contributed by atoms with Gasteiger partial charge >= 0.3 is 0 Å². The van der Waals surface area contributed by atoms with Crippen molar-refractivity contribution in [3.05, 3.63) is 54.1 Å². The van der Waals surface area contributed by atoms with Gasteiger partial charge in [0.1, 0.15) is 0 Å². The first-order valence-corrected chi connectivity index (χ1v) is 9.73. The third kappa shape index (κ3) is 4.79. The van der Waals surface area contributed by atoms with E-state index in [-0.39, 0.29) is 11.8 Å². The summed E-state index contributed by atoms with van der Waals surface area (Å²) in [6, 6.07) is 15.7. The predicted octanol–water partition coefficient (Wildman–Crippen LogP) is 3.38. The number of nitrogens with one attached hydrogen (secondary N) is 2. The molecule has 0 unspecified atom stereocenters. The Morgan fingerprint density at radius 1 is 1.23 bits per heavy atom. The van der Waals surface area contributed by atoms with Gasteiger partial charge < -0.3 is 15.5 Å². The van der Waals surface area contributed by atoms with Crippen LogP contribution in [0.5, 0.6) is 0 Å². The molecule has 0 aromatic heterocycles. The molecule has 0 bridgehead atoms. The summed E-state index contributed by atoms with van der Waals surface area (Å²) < 4.78 is 0. The van der Waals surface area contributed by atoms with Crippen molar-refractivity contribution in [1.29, 1.82) is 0 Å². The number of nitrogens with zero attached hydrogens (tertiary/aromatic N) is 1. The molecule has 0 saturated heterocycles. The molecule has 2 amide bonds.